The van der Waals surface area contributed by atoms with E-state index in [2.05, 4.69) is 0 Å². The first-order valence-electron chi connectivity index (χ1n) is 5.86. The summed E-state index contributed by atoms with van der Waals surface area (Å²) in [5.41, 5.74) is 1.04. The topological polar surface area (TPSA) is 55.8 Å². The average Bonchev–Trinajstić information content (AvgIpc) is 2.41. The molecule has 20 heavy (non-hydrogen) atoms. The zero-order valence-corrected chi connectivity index (χ0v) is 11.8. The highest BCUT2D eigenvalue weighted by Crippen LogP contribution is 2.33. The molecule has 2 rings (SSSR count). The molecule has 0 atom stereocenters. The first-order chi connectivity index (χ1) is 9.51. The minimum Gasteiger partial charge on any atom is -0.497 e. The Bertz CT molecular complexity index is 652. The van der Waals surface area contributed by atoms with Crippen LogP contribution in [0, 0.1) is 6.92 Å². The molecule has 104 valence electrons. The number of aryl methyl sites for hydroxylation is 1. The molecule has 0 heterocycles. The molecule has 0 saturated heterocycles. The number of ether oxygens (including phenoxy) is 2. The van der Waals surface area contributed by atoms with Gasteiger partial charge in [-0.1, -0.05) is 17.7 Å². The van der Waals surface area contributed by atoms with Crippen LogP contribution in [0.4, 0.5) is 0 Å². The number of hydrogen-bond acceptors (Lipinski definition) is 3. The highest BCUT2D eigenvalue weighted by atomic mass is 35.5. The van der Waals surface area contributed by atoms with Crippen molar-refractivity contribution in [2.75, 3.05) is 7.11 Å². The molecular formula is C15H13ClO4. The van der Waals surface area contributed by atoms with Gasteiger partial charge in [0.25, 0.3) is 0 Å². The second kappa shape index (κ2) is 5.84. The quantitative estimate of drug-likeness (QED) is 0.920. The monoisotopic (exact) mass is 292 g/mol. The van der Waals surface area contributed by atoms with Gasteiger partial charge in [0.05, 0.1) is 12.1 Å². The fourth-order valence-electron chi connectivity index (χ4n) is 1.70. The van der Waals surface area contributed by atoms with Gasteiger partial charge in [-0.15, -0.1) is 0 Å². The number of hydrogen-bond donors (Lipinski definition) is 1. The van der Waals surface area contributed by atoms with Gasteiger partial charge in [-0.05, 0) is 36.8 Å². The standard InChI is InChI=1S/C15H13ClO4/c1-9-3-6-13(12(16)7-9)20-14-8-10(19-2)4-5-11(14)15(17)18/h3-8H,1-2H3,(H,17,18). The van der Waals surface area contributed by atoms with Crippen LogP contribution in [0.1, 0.15) is 15.9 Å². The molecule has 0 aliphatic rings. The summed E-state index contributed by atoms with van der Waals surface area (Å²) in [5.74, 6) is 0.00902. The molecule has 0 aliphatic carbocycles. The molecule has 2 aromatic rings. The molecule has 0 bridgehead atoms. The molecule has 1 N–H and O–H groups in total. The maximum Gasteiger partial charge on any atom is 0.339 e. The number of rotatable bonds is 4. The van der Waals surface area contributed by atoms with Gasteiger partial charge in [0.1, 0.15) is 22.8 Å². The van der Waals surface area contributed by atoms with Crippen molar-refractivity contribution in [3.63, 3.8) is 0 Å². The third kappa shape index (κ3) is 3.03. The second-order valence-electron chi connectivity index (χ2n) is 4.20. The molecular weight excluding hydrogens is 280 g/mol. The van der Waals surface area contributed by atoms with Gasteiger partial charge in [0, 0.05) is 6.07 Å². The summed E-state index contributed by atoms with van der Waals surface area (Å²) in [6.07, 6.45) is 0. The molecule has 0 spiro atoms. The first kappa shape index (κ1) is 14.2. The maximum absolute atomic E-state index is 11.2. The summed E-state index contributed by atoms with van der Waals surface area (Å²) in [6.45, 7) is 1.91. The Kier molecular flexibility index (Phi) is 4.15. The molecule has 0 aliphatic heterocycles. The van der Waals surface area contributed by atoms with E-state index in [-0.39, 0.29) is 11.3 Å². The van der Waals surface area contributed by atoms with Crippen LogP contribution >= 0.6 is 11.6 Å². The van der Waals surface area contributed by atoms with Crippen LogP contribution in [0.25, 0.3) is 0 Å². The van der Waals surface area contributed by atoms with Crippen LogP contribution < -0.4 is 9.47 Å². The summed E-state index contributed by atoms with van der Waals surface area (Å²) in [4.78, 5) is 11.2. The van der Waals surface area contributed by atoms with E-state index in [4.69, 9.17) is 26.2 Å². The van der Waals surface area contributed by atoms with Crippen molar-refractivity contribution >= 4 is 17.6 Å². The highest BCUT2D eigenvalue weighted by molar-refractivity contribution is 6.32. The molecule has 2 aromatic carbocycles. The number of carboxylic acid groups (broad SMARTS) is 1. The third-order valence-corrected chi connectivity index (χ3v) is 3.02. The zero-order chi connectivity index (χ0) is 14.7. The van der Waals surface area contributed by atoms with Gasteiger partial charge in [-0.2, -0.15) is 0 Å². The minimum atomic E-state index is -1.08. The van der Waals surface area contributed by atoms with E-state index < -0.39 is 5.97 Å². The summed E-state index contributed by atoms with van der Waals surface area (Å²) < 4.78 is 10.7. The first-order valence-corrected chi connectivity index (χ1v) is 6.24. The molecule has 0 unspecified atom stereocenters. The van der Waals surface area contributed by atoms with E-state index in [0.717, 1.165) is 5.56 Å². The largest absolute Gasteiger partial charge is 0.497 e. The summed E-state index contributed by atoms with van der Waals surface area (Å²) in [7, 11) is 1.50. The van der Waals surface area contributed by atoms with Gasteiger partial charge in [0.2, 0.25) is 0 Å². The molecule has 0 radical (unpaired) electrons. The highest BCUT2D eigenvalue weighted by Gasteiger charge is 2.14. The van der Waals surface area contributed by atoms with E-state index in [9.17, 15) is 4.79 Å². The minimum absolute atomic E-state index is 0.0439. The van der Waals surface area contributed by atoms with Crippen molar-refractivity contribution in [2.45, 2.75) is 6.92 Å². The van der Waals surface area contributed by atoms with Gasteiger partial charge in [0.15, 0.2) is 0 Å². The predicted octanol–water partition coefficient (Wildman–Crippen LogP) is 4.15. The van der Waals surface area contributed by atoms with Crippen molar-refractivity contribution in [2.24, 2.45) is 0 Å². The summed E-state index contributed by atoms with van der Waals surface area (Å²) >= 11 is 6.08. The third-order valence-electron chi connectivity index (χ3n) is 2.73. The van der Waals surface area contributed by atoms with Crippen molar-refractivity contribution in [3.05, 3.63) is 52.5 Å². The predicted molar refractivity (Wildman–Crippen MR) is 76.2 cm³/mol. The molecule has 0 amide bonds. The average molecular weight is 293 g/mol. The van der Waals surface area contributed by atoms with Crippen LogP contribution in [-0.2, 0) is 0 Å². The lowest BCUT2D eigenvalue weighted by molar-refractivity contribution is 0.0694. The van der Waals surface area contributed by atoms with Gasteiger partial charge >= 0.3 is 5.97 Å². The fraction of sp³-hybridized carbons (Fsp3) is 0.133. The molecule has 4 nitrogen and oxygen atoms in total. The van der Waals surface area contributed by atoms with E-state index in [1.807, 2.05) is 13.0 Å². The lowest BCUT2D eigenvalue weighted by Gasteiger charge is -2.12. The molecule has 0 saturated carbocycles. The van der Waals surface area contributed by atoms with Crippen molar-refractivity contribution in [1.82, 2.24) is 0 Å². The van der Waals surface area contributed by atoms with Crippen LogP contribution in [0.15, 0.2) is 36.4 Å². The van der Waals surface area contributed by atoms with E-state index in [1.54, 1.807) is 18.2 Å². The molecule has 0 fully saturated rings. The van der Waals surface area contributed by atoms with Crippen molar-refractivity contribution < 1.29 is 19.4 Å². The number of benzene rings is 2. The Labute approximate surface area is 121 Å². The van der Waals surface area contributed by atoms with E-state index in [1.165, 1.54) is 19.2 Å². The van der Waals surface area contributed by atoms with Gasteiger partial charge < -0.3 is 14.6 Å². The molecule has 5 heteroatoms. The smallest absolute Gasteiger partial charge is 0.339 e. The zero-order valence-electron chi connectivity index (χ0n) is 11.0. The summed E-state index contributed by atoms with van der Waals surface area (Å²) in [6, 6.07) is 9.79. The maximum atomic E-state index is 11.2. The van der Waals surface area contributed by atoms with Gasteiger partial charge in [-0.3, -0.25) is 0 Å². The second-order valence-corrected chi connectivity index (χ2v) is 4.61. The fourth-order valence-corrected chi connectivity index (χ4v) is 1.97. The Balaban J connectivity index is 2.43. The Morgan fingerprint density at radius 3 is 2.50 bits per heavy atom. The number of carboxylic acids is 1. The van der Waals surface area contributed by atoms with Crippen molar-refractivity contribution in [3.8, 4) is 17.2 Å². The van der Waals surface area contributed by atoms with Crippen LogP contribution in [-0.4, -0.2) is 18.2 Å². The van der Waals surface area contributed by atoms with Crippen LogP contribution in [0.5, 0.6) is 17.2 Å². The van der Waals surface area contributed by atoms with Crippen molar-refractivity contribution in [1.29, 1.82) is 0 Å². The Hall–Kier alpha value is -2.20. The van der Waals surface area contributed by atoms with E-state index in [0.29, 0.717) is 16.5 Å². The van der Waals surface area contributed by atoms with Crippen LogP contribution in [0.3, 0.4) is 0 Å². The SMILES string of the molecule is COc1ccc(C(=O)O)c(Oc2ccc(C)cc2Cl)c1. The van der Waals surface area contributed by atoms with Crippen LogP contribution in [0.2, 0.25) is 5.02 Å². The lowest BCUT2D eigenvalue weighted by atomic mass is 10.2. The molecule has 0 aromatic heterocycles. The number of carbonyl (C=O) groups is 1. The lowest BCUT2D eigenvalue weighted by Crippen LogP contribution is -2.00. The normalized spacial score (nSPS) is 10.2. The van der Waals surface area contributed by atoms with E-state index >= 15 is 0 Å². The number of methoxy groups -OCH3 is 1. The Morgan fingerprint density at radius 2 is 1.90 bits per heavy atom. The Morgan fingerprint density at radius 1 is 1.15 bits per heavy atom. The van der Waals surface area contributed by atoms with Gasteiger partial charge in [-0.25, -0.2) is 4.79 Å². The summed E-state index contributed by atoms with van der Waals surface area (Å²) in [5, 5.41) is 9.59. The number of aromatic carboxylic acids is 1. The number of halogens is 1.